The van der Waals surface area contributed by atoms with E-state index in [9.17, 15) is 0 Å². The average molecular weight is 222 g/mol. The summed E-state index contributed by atoms with van der Waals surface area (Å²) in [5, 5.41) is 0. The summed E-state index contributed by atoms with van der Waals surface area (Å²) in [6.07, 6.45) is 4.39. The van der Waals surface area contributed by atoms with Gasteiger partial charge in [-0.15, -0.1) is 0 Å². The Morgan fingerprint density at radius 3 is 3.06 bits per heavy atom. The molecule has 2 rings (SSSR count). The molecule has 1 aromatic heterocycles. The highest BCUT2D eigenvalue weighted by Gasteiger charge is 2.27. The fourth-order valence-electron chi connectivity index (χ4n) is 2.71. The van der Waals surface area contributed by atoms with Gasteiger partial charge >= 0.3 is 0 Å². The van der Waals surface area contributed by atoms with Gasteiger partial charge in [0, 0.05) is 18.2 Å². The summed E-state index contributed by atoms with van der Waals surface area (Å²) in [5.41, 5.74) is 6.91. The molecule has 3 nitrogen and oxygen atoms in total. The van der Waals surface area contributed by atoms with Gasteiger partial charge in [0.15, 0.2) is 0 Å². The normalized spacial score (nSPS) is 22.1. The van der Waals surface area contributed by atoms with Crippen LogP contribution in [0, 0.1) is 5.92 Å². The van der Waals surface area contributed by atoms with Gasteiger partial charge in [-0.25, -0.2) is 0 Å². The van der Waals surface area contributed by atoms with E-state index in [0.29, 0.717) is 6.54 Å². The number of hydrogen-bond acceptors (Lipinski definition) is 3. The molecule has 0 amide bonds. The van der Waals surface area contributed by atoms with E-state index in [2.05, 4.69) is 24.8 Å². The largest absolute Gasteiger partial charge is 0.468 e. The first-order chi connectivity index (χ1) is 7.72. The molecule has 0 spiro atoms. The molecule has 1 aromatic rings. The van der Waals surface area contributed by atoms with E-state index >= 15 is 0 Å². The molecule has 1 fully saturated rings. The topological polar surface area (TPSA) is 42.4 Å². The Hall–Kier alpha value is -0.800. The quantitative estimate of drug-likeness (QED) is 0.850. The monoisotopic (exact) mass is 222 g/mol. The van der Waals surface area contributed by atoms with Crippen molar-refractivity contribution < 1.29 is 4.42 Å². The number of hydrogen-bond donors (Lipinski definition) is 1. The van der Waals surface area contributed by atoms with E-state index in [1.165, 1.54) is 24.9 Å². The molecule has 2 heterocycles. The van der Waals surface area contributed by atoms with E-state index in [1.54, 1.807) is 6.26 Å². The maximum atomic E-state index is 5.65. The molecule has 16 heavy (non-hydrogen) atoms. The zero-order chi connectivity index (χ0) is 11.5. The van der Waals surface area contributed by atoms with E-state index < -0.39 is 0 Å². The van der Waals surface area contributed by atoms with Crippen molar-refractivity contribution in [1.82, 2.24) is 4.90 Å². The van der Waals surface area contributed by atoms with Crippen LogP contribution in [0.15, 0.2) is 16.7 Å². The number of nitrogens with zero attached hydrogens (tertiary/aromatic N) is 1. The van der Waals surface area contributed by atoms with Crippen LogP contribution in [-0.4, -0.2) is 17.5 Å². The zero-order valence-electron chi connectivity index (χ0n) is 10.3. The summed E-state index contributed by atoms with van der Waals surface area (Å²) in [5.74, 6) is 1.67. The first-order valence-corrected chi connectivity index (χ1v) is 6.21. The first kappa shape index (κ1) is 11.7. The third-order valence-electron chi connectivity index (χ3n) is 3.58. The number of rotatable bonds is 4. The Morgan fingerprint density at radius 2 is 2.38 bits per heavy atom. The molecule has 1 aliphatic rings. The lowest BCUT2D eigenvalue weighted by atomic mass is 10.0. The molecule has 1 saturated heterocycles. The van der Waals surface area contributed by atoms with Crippen molar-refractivity contribution in [2.75, 3.05) is 6.54 Å². The molecule has 1 unspecified atom stereocenters. The predicted octanol–water partition coefficient (Wildman–Crippen LogP) is 2.36. The van der Waals surface area contributed by atoms with Gasteiger partial charge in [-0.1, -0.05) is 13.8 Å². The molecular formula is C13H22N2O. The van der Waals surface area contributed by atoms with Gasteiger partial charge in [-0.3, -0.25) is 4.90 Å². The Kier molecular flexibility index (Phi) is 3.66. The number of furan rings is 1. The Labute approximate surface area is 97.6 Å². The van der Waals surface area contributed by atoms with Crippen molar-refractivity contribution in [1.29, 1.82) is 0 Å². The second-order valence-electron chi connectivity index (χ2n) is 5.00. The zero-order valence-corrected chi connectivity index (χ0v) is 10.3. The minimum absolute atomic E-state index is 0.502. The van der Waals surface area contributed by atoms with Crippen molar-refractivity contribution in [3.05, 3.63) is 23.7 Å². The highest BCUT2D eigenvalue weighted by molar-refractivity contribution is 5.17. The van der Waals surface area contributed by atoms with E-state index in [1.807, 2.05) is 0 Å². The third kappa shape index (κ3) is 2.30. The minimum atomic E-state index is 0.502. The predicted molar refractivity (Wildman–Crippen MR) is 64.9 cm³/mol. The SMILES string of the molecule is CC(C)C1CCCN1Cc1ccoc1CN. The second kappa shape index (κ2) is 5.02. The van der Waals surface area contributed by atoms with Gasteiger partial charge in [0.1, 0.15) is 5.76 Å². The molecule has 0 radical (unpaired) electrons. The summed E-state index contributed by atoms with van der Waals surface area (Å²) < 4.78 is 5.37. The van der Waals surface area contributed by atoms with E-state index in [0.717, 1.165) is 24.3 Å². The fraction of sp³-hybridized carbons (Fsp3) is 0.692. The van der Waals surface area contributed by atoms with Crippen LogP contribution < -0.4 is 5.73 Å². The van der Waals surface area contributed by atoms with Gasteiger partial charge in [0.05, 0.1) is 12.8 Å². The van der Waals surface area contributed by atoms with E-state index in [4.69, 9.17) is 10.2 Å². The average Bonchev–Trinajstić information content (AvgIpc) is 2.86. The van der Waals surface area contributed by atoms with Gasteiger partial charge in [-0.2, -0.15) is 0 Å². The standard InChI is InChI=1S/C13H22N2O/c1-10(2)12-4-3-6-15(12)9-11-5-7-16-13(11)8-14/h5,7,10,12H,3-4,6,8-9,14H2,1-2H3. The first-order valence-electron chi connectivity index (χ1n) is 6.21. The maximum Gasteiger partial charge on any atom is 0.121 e. The minimum Gasteiger partial charge on any atom is -0.468 e. The molecule has 2 N–H and O–H groups in total. The summed E-state index contributed by atoms with van der Waals surface area (Å²) in [6, 6.07) is 2.78. The second-order valence-corrected chi connectivity index (χ2v) is 5.00. The smallest absolute Gasteiger partial charge is 0.121 e. The van der Waals surface area contributed by atoms with Gasteiger partial charge in [0.25, 0.3) is 0 Å². The molecule has 0 aromatic carbocycles. The van der Waals surface area contributed by atoms with Crippen LogP contribution in [0.3, 0.4) is 0 Å². The van der Waals surface area contributed by atoms with Crippen molar-refractivity contribution in [2.24, 2.45) is 11.7 Å². The number of nitrogens with two attached hydrogens (primary N) is 1. The molecule has 0 bridgehead atoms. The summed E-state index contributed by atoms with van der Waals surface area (Å²) in [7, 11) is 0. The Balaban J connectivity index is 2.04. The molecule has 90 valence electrons. The fourth-order valence-corrected chi connectivity index (χ4v) is 2.71. The van der Waals surface area contributed by atoms with Crippen LogP contribution in [0.1, 0.15) is 38.0 Å². The highest BCUT2D eigenvalue weighted by Crippen LogP contribution is 2.26. The Morgan fingerprint density at radius 1 is 1.56 bits per heavy atom. The third-order valence-corrected chi connectivity index (χ3v) is 3.58. The van der Waals surface area contributed by atoms with E-state index in [-0.39, 0.29) is 0 Å². The lowest BCUT2D eigenvalue weighted by molar-refractivity contribution is 0.197. The lowest BCUT2D eigenvalue weighted by Gasteiger charge is -2.27. The molecular weight excluding hydrogens is 200 g/mol. The van der Waals surface area contributed by atoms with Gasteiger partial charge in [-0.05, 0) is 31.4 Å². The summed E-state index contributed by atoms with van der Waals surface area (Å²) in [4.78, 5) is 2.56. The van der Waals surface area contributed by atoms with Crippen molar-refractivity contribution in [2.45, 2.75) is 45.8 Å². The summed E-state index contributed by atoms with van der Waals surface area (Å²) >= 11 is 0. The van der Waals surface area contributed by atoms with Crippen LogP contribution in [0.2, 0.25) is 0 Å². The molecule has 1 aliphatic heterocycles. The van der Waals surface area contributed by atoms with Crippen LogP contribution in [0.4, 0.5) is 0 Å². The number of likely N-dealkylation sites (tertiary alicyclic amines) is 1. The van der Waals surface area contributed by atoms with Gasteiger partial charge < -0.3 is 10.2 Å². The molecule has 0 aliphatic carbocycles. The van der Waals surface area contributed by atoms with Crippen LogP contribution in [-0.2, 0) is 13.1 Å². The van der Waals surface area contributed by atoms with Crippen molar-refractivity contribution in [3.8, 4) is 0 Å². The molecule has 3 heteroatoms. The van der Waals surface area contributed by atoms with Crippen molar-refractivity contribution >= 4 is 0 Å². The van der Waals surface area contributed by atoms with Crippen LogP contribution >= 0.6 is 0 Å². The van der Waals surface area contributed by atoms with Crippen molar-refractivity contribution in [3.63, 3.8) is 0 Å². The molecule has 1 atom stereocenters. The van der Waals surface area contributed by atoms with Gasteiger partial charge in [0.2, 0.25) is 0 Å². The van der Waals surface area contributed by atoms with Crippen LogP contribution in [0.5, 0.6) is 0 Å². The lowest BCUT2D eigenvalue weighted by Crippen LogP contribution is -2.33. The molecule has 0 saturated carbocycles. The maximum absolute atomic E-state index is 5.65. The summed E-state index contributed by atoms with van der Waals surface area (Å²) in [6.45, 7) is 7.32. The van der Waals surface area contributed by atoms with Crippen LogP contribution in [0.25, 0.3) is 0 Å². The Bertz CT molecular complexity index is 332. The highest BCUT2D eigenvalue weighted by atomic mass is 16.3.